The number of rotatable bonds is 2. The normalized spacial score (nSPS) is 10.1. The summed E-state index contributed by atoms with van der Waals surface area (Å²) in [6.45, 7) is 0. The molecule has 0 aliphatic carbocycles. The minimum absolute atomic E-state index is 0.308. The highest BCUT2D eigenvalue weighted by Gasteiger charge is 1.97. The fourth-order valence-electron chi connectivity index (χ4n) is 0.864. The highest BCUT2D eigenvalue weighted by molar-refractivity contribution is 6.30. The van der Waals surface area contributed by atoms with Gasteiger partial charge in [0.05, 0.1) is 0 Å². The van der Waals surface area contributed by atoms with E-state index in [0.717, 1.165) is 5.56 Å². The van der Waals surface area contributed by atoms with Crippen molar-refractivity contribution in [3.63, 3.8) is 0 Å². The molecule has 60 valence electrons. The minimum Gasteiger partial charge on any atom is -0.207 e. The van der Waals surface area contributed by atoms with Gasteiger partial charge in [-0.3, -0.25) is 0 Å². The molecular weight excluding hydrogens is 186 g/mol. The van der Waals surface area contributed by atoms with Crippen LogP contribution in [0, 0.1) is 5.82 Å². The molecule has 0 aromatic heterocycles. The summed E-state index contributed by atoms with van der Waals surface area (Å²) in [5, 5.41) is 0.421. The molecule has 0 aliphatic heterocycles. The van der Waals surface area contributed by atoms with E-state index in [-0.39, 0.29) is 5.82 Å². The summed E-state index contributed by atoms with van der Waals surface area (Å²) in [5.74, 6) is 0.178. The van der Waals surface area contributed by atoms with Crippen molar-refractivity contribution < 1.29 is 4.39 Å². The molecule has 0 N–H and O–H groups in total. The van der Waals surface area contributed by atoms with E-state index in [9.17, 15) is 4.39 Å². The summed E-state index contributed by atoms with van der Waals surface area (Å²) >= 11 is 11.1. The van der Waals surface area contributed by atoms with Gasteiger partial charge in [-0.15, -0.1) is 11.6 Å². The first kappa shape index (κ1) is 8.82. The van der Waals surface area contributed by atoms with Gasteiger partial charge < -0.3 is 0 Å². The van der Waals surface area contributed by atoms with E-state index >= 15 is 0 Å². The molecular formula is C8H7Cl2F. The Morgan fingerprint density at radius 1 is 1.27 bits per heavy atom. The monoisotopic (exact) mass is 192 g/mol. The van der Waals surface area contributed by atoms with Gasteiger partial charge in [-0.05, 0) is 30.2 Å². The Morgan fingerprint density at radius 2 is 2.00 bits per heavy atom. The first-order valence-corrected chi connectivity index (χ1v) is 4.14. The van der Waals surface area contributed by atoms with Crippen molar-refractivity contribution in [2.45, 2.75) is 6.42 Å². The van der Waals surface area contributed by atoms with Crippen LogP contribution in [0.25, 0.3) is 0 Å². The second kappa shape index (κ2) is 3.93. The van der Waals surface area contributed by atoms with Crippen LogP contribution in [-0.2, 0) is 6.42 Å². The maximum atomic E-state index is 12.6. The number of alkyl halides is 1. The van der Waals surface area contributed by atoms with Gasteiger partial charge >= 0.3 is 0 Å². The molecule has 0 aliphatic rings. The Balaban J connectivity index is 2.89. The lowest BCUT2D eigenvalue weighted by molar-refractivity contribution is 0.626. The van der Waals surface area contributed by atoms with Crippen molar-refractivity contribution in [3.8, 4) is 0 Å². The van der Waals surface area contributed by atoms with Crippen molar-refractivity contribution in [1.29, 1.82) is 0 Å². The molecule has 0 amide bonds. The van der Waals surface area contributed by atoms with Crippen molar-refractivity contribution in [2.75, 3.05) is 5.88 Å². The van der Waals surface area contributed by atoms with E-state index in [0.29, 0.717) is 17.3 Å². The summed E-state index contributed by atoms with van der Waals surface area (Å²) in [5.41, 5.74) is 0.838. The van der Waals surface area contributed by atoms with Crippen LogP contribution < -0.4 is 0 Å². The van der Waals surface area contributed by atoms with E-state index in [1.807, 2.05) is 0 Å². The lowest BCUT2D eigenvalue weighted by Gasteiger charge is -1.98. The lowest BCUT2D eigenvalue weighted by atomic mass is 10.2. The van der Waals surface area contributed by atoms with Gasteiger partial charge in [0.15, 0.2) is 0 Å². The fraction of sp³-hybridized carbons (Fsp3) is 0.250. The third-order valence-electron chi connectivity index (χ3n) is 1.31. The number of hydrogen-bond donors (Lipinski definition) is 0. The topological polar surface area (TPSA) is 0 Å². The zero-order valence-electron chi connectivity index (χ0n) is 5.78. The number of aryl methyl sites for hydroxylation is 1. The van der Waals surface area contributed by atoms with Crippen LogP contribution in [0.2, 0.25) is 5.02 Å². The van der Waals surface area contributed by atoms with E-state index in [1.54, 1.807) is 6.07 Å². The molecule has 11 heavy (non-hydrogen) atoms. The number of benzene rings is 1. The predicted octanol–water partition coefficient (Wildman–Crippen LogP) is 3.26. The zero-order valence-corrected chi connectivity index (χ0v) is 7.29. The highest BCUT2D eigenvalue weighted by Crippen LogP contribution is 2.14. The predicted molar refractivity (Wildman–Crippen MR) is 45.8 cm³/mol. The summed E-state index contributed by atoms with van der Waals surface area (Å²) in [6.07, 6.45) is 0.652. The van der Waals surface area contributed by atoms with Crippen LogP contribution in [0.4, 0.5) is 4.39 Å². The zero-order chi connectivity index (χ0) is 8.27. The molecule has 0 saturated carbocycles. The average molecular weight is 193 g/mol. The molecule has 0 nitrogen and oxygen atoms in total. The molecule has 1 aromatic carbocycles. The molecule has 0 saturated heterocycles. The molecule has 1 aromatic rings. The SMILES string of the molecule is Fc1cc(Cl)cc(CCCl)c1. The van der Waals surface area contributed by atoms with Crippen LogP contribution in [0.5, 0.6) is 0 Å². The summed E-state index contributed by atoms with van der Waals surface area (Å²) in [7, 11) is 0. The maximum Gasteiger partial charge on any atom is 0.124 e. The molecule has 0 radical (unpaired) electrons. The highest BCUT2D eigenvalue weighted by atomic mass is 35.5. The standard InChI is InChI=1S/C8H7Cl2F/c9-2-1-6-3-7(10)5-8(11)4-6/h3-5H,1-2H2. The fourth-order valence-corrected chi connectivity index (χ4v) is 1.33. The van der Waals surface area contributed by atoms with Gasteiger partial charge in [-0.1, -0.05) is 11.6 Å². The second-order valence-electron chi connectivity index (χ2n) is 2.22. The van der Waals surface area contributed by atoms with Gasteiger partial charge in [0.2, 0.25) is 0 Å². The van der Waals surface area contributed by atoms with E-state index < -0.39 is 0 Å². The quantitative estimate of drug-likeness (QED) is 0.632. The van der Waals surface area contributed by atoms with Crippen LogP contribution in [0.3, 0.4) is 0 Å². The summed E-state index contributed by atoms with van der Waals surface area (Å²) in [6, 6.07) is 4.43. The van der Waals surface area contributed by atoms with Crippen LogP contribution in [0.15, 0.2) is 18.2 Å². The van der Waals surface area contributed by atoms with Gasteiger partial charge in [-0.25, -0.2) is 4.39 Å². The summed E-state index contributed by atoms with van der Waals surface area (Å²) < 4.78 is 12.6. The van der Waals surface area contributed by atoms with Crippen molar-refractivity contribution >= 4 is 23.2 Å². The Hall–Kier alpha value is -0.270. The second-order valence-corrected chi connectivity index (χ2v) is 3.03. The number of hydrogen-bond acceptors (Lipinski definition) is 0. The van der Waals surface area contributed by atoms with E-state index in [1.165, 1.54) is 12.1 Å². The Labute approximate surface area is 74.9 Å². The van der Waals surface area contributed by atoms with Crippen molar-refractivity contribution in [1.82, 2.24) is 0 Å². The molecule has 0 atom stereocenters. The van der Waals surface area contributed by atoms with Gasteiger partial charge in [0.25, 0.3) is 0 Å². The van der Waals surface area contributed by atoms with Gasteiger partial charge in [0.1, 0.15) is 5.82 Å². The Bertz CT molecular complexity index is 228. The van der Waals surface area contributed by atoms with Gasteiger partial charge in [-0.2, -0.15) is 0 Å². The Kier molecular flexibility index (Phi) is 3.16. The molecule has 3 heteroatoms. The molecule has 0 fully saturated rings. The van der Waals surface area contributed by atoms with Crippen LogP contribution in [0.1, 0.15) is 5.56 Å². The first-order chi connectivity index (χ1) is 5.22. The lowest BCUT2D eigenvalue weighted by Crippen LogP contribution is -1.87. The molecule has 0 heterocycles. The number of halogens is 3. The van der Waals surface area contributed by atoms with Crippen LogP contribution >= 0.6 is 23.2 Å². The van der Waals surface area contributed by atoms with Crippen molar-refractivity contribution in [2.24, 2.45) is 0 Å². The van der Waals surface area contributed by atoms with E-state index in [2.05, 4.69) is 0 Å². The third-order valence-corrected chi connectivity index (χ3v) is 1.71. The molecule has 0 spiro atoms. The van der Waals surface area contributed by atoms with Crippen molar-refractivity contribution in [3.05, 3.63) is 34.6 Å². The largest absolute Gasteiger partial charge is 0.207 e. The maximum absolute atomic E-state index is 12.6. The minimum atomic E-state index is -0.308. The summed E-state index contributed by atoms with van der Waals surface area (Å²) in [4.78, 5) is 0. The van der Waals surface area contributed by atoms with Gasteiger partial charge in [0, 0.05) is 10.9 Å². The molecule has 0 unspecified atom stereocenters. The first-order valence-electron chi connectivity index (χ1n) is 3.23. The molecule has 0 bridgehead atoms. The van der Waals surface area contributed by atoms with Crippen LogP contribution in [-0.4, -0.2) is 5.88 Å². The van der Waals surface area contributed by atoms with E-state index in [4.69, 9.17) is 23.2 Å². The Morgan fingerprint density at radius 3 is 2.55 bits per heavy atom. The molecule has 1 rings (SSSR count). The third kappa shape index (κ3) is 2.68. The average Bonchev–Trinajstić information content (AvgIpc) is 1.85. The smallest absolute Gasteiger partial charge is 0.124 e.